The van der Waals surface area contributed by atoms with E-state index in [4.69, 9.17) is 0 Å². The Labute approximate surface area is 112 Å². The lowest BCUT2D eigenvalue weighted by Gasteiger charge is -2.07. The zero-order valence-electron chi connectivity index (χ0n) is 11.3. The summed E-state index contributed by atoms with van der Waals surface area (Å²) >= 11 is 0. The molecule has 3 nitrogen and oxygen atoms in total. The average molecular weight is 254 g/mol. The Hall–Kier alpha value is -1.90. The van der Waals surface area contributed by atoms with E-state index in [9.17, 15) is 4.79 Å². The SMILES string of the molecule is CC(C)c1ccc(-c2cc(=O)[nH]c(C3CC3)n2)cc1. The fraction of sp³-hybridized carbons (Fsp3) is 0.375. The quantitative estimate of drug-likeness (QED) is 0.912. The van der Waals surface area contributed by atoms with Crippen LogP contribution in [0.25, 0.3) is 11.3 Å². The zero-order chi connectivity index (χ0) is 13.4. The van der Waals surface area contributed by atoms with E-state index < -0.39 is 0 Å². The molecule has 1 heterocycles. The van der Waals surface area contributed by atoms with Crippen molar-refractivity contribution in [2.45, 2.75) is 38.5 Å². The number of hydrogen-bond donors (Lipinski definition) is 1. The molecule has 1 saturated carbocycles. The van der Waals surface area contributed by atoms with Crippen molar-refractivity contribution in [1.82, 2.24) is 9.97 Å². The molecule has 19 heavy (non-hydrogen) atoms. The Morgan fingerprint density at radius 3 is 2.47 bits per heavy atom. The van der Waals surface area contributed by atoms with Crippen LogP contribution in [-0.4, -0.2) is 9.97 Å². The molecule has 1 N–H and O–H groups in total. The van der Waals surface area contributed by atoms with Crippen molar-refractivity contribution in [1.29, 1.82) is 0 Å². The Balaban J connectivity index is 1.98. The minimum absolute atomic E-state index is 0.0557. The van der Waals surface area contributed by atoms with E-state index in [1.54, 1.807) is 6.07 Å². The Morgan fingerprint density at radius 2 is 1.89 bits per heavy atom. The van der Waals surface area contributed by atoms with Crippen LogP contribution in [0, 0.1) is 0 Å². The summed E-state index contributed by atoms with van der Waals surface area (Å²) in [6.07, 6.45) is 2.28. The molecule has 0 spiro atoms. The summed E-state index contributed by atoms with van der Waals surface area (Å²) in [5.74, 6) is 1.82. The van der Waals surface area contributed by atoms with Crippen LogP contribution >= 0.6 is 0 Å². The number of hydrogen-bond acceptors (Lipinski definition) is 2. The first-order chi connectivity index (χ1) is 9.13. The van der Waals surface area contributed by atoms with Gasteiger partial charge in [-0.2, -0.15) is 0 Å². The third-order valence-electron chi connectivity index (χ3n) is 3.60. The highest BCUT2D eigenvalue weighted by atomic mass is 16.1. The summed E-state index contributed by atoms with van der Waals surface area (Å²) in [7, 11) is 0. The predicted octanol–water partition coefficient (Wildman–Crippen LogP) is 3.44. The molecular formula is C16H18N2O. The van der Waals surface area contributed by atoms with Crippen LogP contribution < -0.4 is 5.56 Å². The number of benzene rings is 1. The second kappa shape index (κ2) is 4.65. The van der Waals surface area contributed by atoms with Gasteiger partial charge in [-0.1, -0.05) is 38.1 Å². The number of aromatic nitrogens is 2. The van der Waals surface area contributed by atoms with Crippen molar-refractivity contribution in [3.63, 3.8) is 0 Å². The molecule has 98 valence electrons. The smallest absolute Gasteiger partial charge is 0.251 e. The summed E-state index contributed by atoms with van der Waals surface area (Å²) in [5.41, 5.74) is 3.04. The number of nitrogens with one attached hydrogen (secondary N) is 1. The number of nitrogens with zero attached hydrogens (tertiary/aromatic N) is 1. The molecule has 1 aromatic heterocycles. The lowest BCUT2D eigenvalue weighted by molar-refractivity contribution is 0.866. The molecule has 0 amide bonds. The standard InChI is InChI=1S/C16H18N2O/c1-10(2)11-3-5-12(6-4-11)14-9-15(19)18-16(17-14)13-7-8-13/h3-6,9-10,13H,7-8H2,1-2H3,(H,17,18,19). The zero-order valence-corrected chi connectivity index (χ0v) is 11.3. The largest absolute Gasteiger partial charge is 0.310 e. The van der Waals surface area contributed by atoms with Crippen LogP contribution in [-0.2, 0) is 0 Å². The van der Waals surface area contributed by atoms with E-state index in [-0.39, 0.29) is 5.56 Å². The van der Waals surface area contributed by atoms with Gasteiger partial charge in [0, 0.05) is 17.5 Å². The first-order valence-electron chi connectivity index (χ1n) is 6.85. The van der Waals surface area contributed by atoms with Gasteiger partial charge < -0.3 is 4.98 Å². The average Bonchev–Trinajstić information content (AvgIpc) is 3.22. The molecule has 1 aliphatic carbocycles. The highest BCUT2D eigenvalue weighted by molar-refractivity contribution is 5.59. The van der Waals surface area contributed by atoms with Crippen LogP contribution in [0.1, 0.15) is 49.9 Å². The monoisotopic (exact) mass is 254 g/mol. The van der Waals surface area contributed by atoms with E-state index in [0.29, 0.717) is 11.8 Å². The molecule has 1 aromatic carbocycles. The molecule has 0 unspecified atom stereocenters. The molecule has 0 bridgehead atoms. The molecule has 0 saturated heterocycles. The molecule has 0 radical (unpaired) electrons. The topological polar surface area (TPSA) is 45.8 Å². The molecule has 1 aliphatic rings. The third-order valence-corrected chi connectivity index (χ3v) is 3.60. The number of rotatable bonds is 3. The number of aromatic amines is 1. The summed E-state index contributed by atoms with van der Waals surface area (Å²) in [6.45, 7) is 4.34. The van der Waals surface area contributed by atoms with Crippen molar-refractivity contribution in [2.75, 3.05) is 0 Å². The van der Waals surface area contributed by atoms with Crippen LogP contribution in [0.15, 0.2) is 35.1 Å². The van der Waals surface area contributed by atoms with E-state index in [0.717, 1.165) is 29.9 Å². The summed E-state index contributed by atoms with van der Waals surface area (Å²) in [5, 5.41) is 0. The van der Waals surface area contributed by atoms with Crippen LogP contribution in [0.4, 0.5) is 0 Å². The van der Waals surface area contributed by atoms with E-state index >= 15 is 0 Å². The van der Waals surface area contributed by atoms with Crippen molar-refractivity contribution >= 4 is 0 Å². The first-order valence-corrected chi connectivity index (χ1v) is 6.85. The number of H-pyrrole nitrogens is 1. The van der Waals surface area contributed by atoms with Gasteiger partial charge >= 0.3 is 0 Å². The van der Waals surface area contributed by atoms with Crippen LogP contribution in [0.5, 0.6) is 0 Å². The molecule has 2 aromatic rings. The van der Waals surface area contributed by atoms with Gasteiger partial charge in [-0.05, 0) is 24.3 Å². The predicted molar refractivity (Wildman–Crippen MR) is 76.4 cm³/mol. The lowest BCUT2D eigenvalue weighted by Crippen LogP contribution is -2.10. The van der Waals surface area contributed by atoms with Crippen LogP contribution in [0.2, 0.25) is 0 Å². The second-order valence-electron chi connectivity index (χ2n) is 5.57. The molecule has 3 heteroatoms. The lowest BCUT2D eigenvalue weighted by atomic mass is 10.0. The van der Waals surface area contributed by atoms with Crippen molar-refractivity contribution in [3.8, 4) is 11.3 Å². The molecular weight excluding hydrogens is 236 g/mol. The Bertz CT molecular complexity index is 637. The van der Waals surface area contributed by atoms with Gasteiger partial charge in [-0.3, -0.25) is 4.79 Å². The van der Waals surface area contributed by atoms with Gasteiger partial charge in [-0.25, -0.2) is 4.98 Å². The van der Waals surface area contributed by atoms with Crippen molar-refractivity contribution < 1.29 is 0 Å². The normalized spacial score (nSPS) is 14.9. The molecule has 0 atom stereocenters. The molecule has 0 aliphatic heterocycles. The van der Waals surface area contributed by atoms with Gasteiger partial charge in [-0.15, -0.1) is 0 Å². The summed E-state index contributed by atoms with van der Waals surface area (Å²) in [4.78, 5) is 19.1. The van der Waals surface area contributed by atoms with E-state index in [1.807, 2.05) is 12.1 Å². The van der Waals surface area contributed by atoms with Gasteiger partial charge in [0.05, 0.1) is 5.69 Å². The molecule has 3 rings (SSSR count). The summed E-state index contributed by atoms with van der Waals surface area (Å²) in [6, 6.07) is 9.90. The maximum atomic E-state index is 11.7. The van der Waals surface area contributed by atoms with E-state index in [1.165, 1.54) is 5.56 Å². The molecule has 1 fully saturated rings. The fourth-order valence-electron chi connectivity index (χ4n) is 2.21. The van der Waals surface area contributed by atoms with Gasteiger partial charge in [0.25, 0.3) is 5.56 Å². The van der Waals surface area contributed by atoms with Crippen LogP contribution in [0.3, 0.4) is 0 Å². The maximum Gasteiger partial charge on any atom is 0.251 e. The Kier molecular flexibility index (Phi) is 2.97. The minimum Gasteiger partial charge on any atom is -0.310 e. The highest BCUT2D eigenvalue weighted by Crippen LogP contribution is 2.38. The van der Waals surface area contributed by atoms with Gasteiger partial charge in [0.15, 0.2) is 0 Å². The maximum absolute atomic E-state index is 11.7. The summed E-state index contributed by atoms with van der Waals surface area (Å²) < 4.78 is 0. The first kappa shape index (κ1) is 12.2. The fourth-order valence-corrected chi connectivity index (χ4v) is 2.21. The Morgan fingerprint density at radius 1 is 1.21 bits per heavy atom. The highest BCUT2D eigenvalue weighted by Gasteiger charge is 2.26. The second-order valence-corrected chi connectivity index (χ2v) is 5.57. The van der Waals surface area contributed by atoms with Gasteiger partial charge in [0.1, 0.15) is 5.82 Å². The minimum atomic E-state index is -0.0557. The van der Waals surface area contributed by atoms with Gasteiger partial charge in [0.2, 0.25) is 0 Å². The van der Waals surface area contributed by atoms with Crippen molar-refractivity contribution in [2.24, 2.45) is 0 Å². The van der Waals surface area contributed by atoms with Crippen molar-refractivity contribution in [3.05, 3.63) is 52.1 Å². The van der Waals surface area contributed by atoms with E-state index in [2.05, 4.69) is 35.9 Å². The third kappa shape index (κ3) is 2.60.